The number of thiophene rings is 1. The van der Waals surface area contributed by atoms with Gasteiger partial charge in [0.2, 0.25) is 10.0 Å². The van der Waals surface area contributed by atoms with Gasteiger partial charge in [0, 0.05) is 31.2 Å². The number of rotatable bonds is 6. The minimum Gasteiger partial charge on any atom is -0.385 e. The number of nitrogens with zero attached hydrogens (tertiary/aromatic N) is 1. The van der Waals surface area contributed by atoms with E-state index in [1.165, 1.54) is 23.3 Å². The van der Waals surface area contributed by atoms with E-state index in [9.17, 15) is 8.42 Å². The first kappa shape index (κ1) is 16.5. The first-order valence-electron chi connectivity index (χ1n) is 6.40. The maximum atomic E-state index is 11.9. The van der Waals surface area contributed by atoms with Crippen LogP contribution in [0.2, 0.25) is 0 Å². The summed E-state index contributed by atoms with van der Waals surface area (Å²) in [5, 5.41) is 3.29. The molecule has 1 aromatic carbocycles. The van der Waals surface area contributed by atoms with Gasteiger partial charge in [0.1, 0.15) is 0 Å². The van der Waals surface area contributed by atoms with Crippen LogP contribution in [-0.4, -0.2) is 33.4 Å². The van der Waals surface area contributed by atoms with E-state index in [-0.39, 0.29) is 0 Å². The van der Waals surface area contributed by atoms with Crippen LogP contribution in [-0.2, 0) is 16.4 Å². The molecule has 0 radical (unpaired) electrons. The Hall–Kier alpha value is -0.890. The minimum atomic E-state index is -3.35. The molecule has 2 rings (SSSR count). The minimum absolute atomic E-state index is 0.306. The molecule has 1 aromatic heterocycles. The first-order valence-corrected chi connectivity index (χ1v) is 9.45. The third-order valence-corrected chi connectivity index (χ3v) is 6.48. The molecule has 0 spiro atoms. The molecule has 1 N–H and O–H groups in total. The predicted octanol–water partition coefficient (Wildman–Crippen LogP) is 3.42. The molecule has 0 saturated heterocycles. The van der Waals surface area contributed by atoms with Crippen LogP contribution in [0, 0.1) is 0 Å². The molecule has 0 aliphatic rings. The summed E-state index contributed by atoms with van der Waals surface area (Å²) in [4.78, 5) is 1.61. The number of benzene rings is 1. The van der Waals surface area contributed by atoms with Gasteiger partial charge in [-0.1, -0.05) is 0 Å². The van der Waals surface area contributed by atoms with Crippen molar-refractivity contribution >= 4 is 43.0 Å². The number of nitrogens with one attached hydrogen (secondary N) is 1. The van der Waals surface area contributed by atoms with Gasteiger partial charge in [0.25, 0.3) is 0 Å². The topological polar surface area (TPSA) is 49.4 Å². The Kier molecular flexibility index (Phi) is 5.43. The highest BCUT2D eigenvalue weighted by atomic mass is 79.9. The first-order chi connectivity index (χ1) is 9.89. The zero-order valence-electron chi connectivity index (χ0n) is 11.8. The zero-order chi connectivity index (χ0) is 15.5. The highest BCUT2D eigenvalue weighted by Crippen LogP contribution is 2.22. The van der Waals surface area contributed by atoms with Crippen LogP contribution in [0.1, 0.15) is 4.88 Å². The molecule has 0 saturated carbocycles. The zero-order valence-corrected chi connectivity index (χ0v) is 15.1. The molecule has 0 aliphatic carbocycles. The normalized spacial score (nSPS) is 11.8. The molecular formula is C14H17BrN2O2S2. The summed E-state index contributed by atoms with van der Waals surface area (Å²) in [6.07, 6.45) is 0.939. The smallest absolute Gasteiger partial charge is 0.242 e. The fourth-order valence-corrected chi connectivity index (χ4v) is 4.16. The van der Waals surface area contributed by atoms with Gasteiger partial charge in [-0.2, -0.15) is 0 Å². The number of halogens is 1. The van der Waals surface area contributed by atoms with Gasteiger partial charge in [0.05, 0.1) is 8.68 Å². The highest BCUT2D eigenvalue weighted by Gasteiger charge is 2.16. The summed E-state index contributed by atoms with van der Waals surface area (Å²) in [7, 11) is -0.296. The Labute approximate surface area is 138 Å². The van der Waals surface area contributed by atoms with Gasteiger partial charge in [-0.3, -0.25) is 0 Å². The Morgan fingerprint density at radius 1 is 1.14 bits per heavy atom. The average molecular weight is 389 g/mol. The van der Waals surface area contributed by atoms with Crippen LogP contribution in [0.3, 0.4) is 0 Å². The van der Waals surface area contributed by atoms with E-state index >= 15 is 0 Å². The molecule has 0 amide bonds. The summed E-state index contributed by atoms with van der Waals surface area (Å²) in [6, 6.07) is 11.0. The third-order valence-electron chi connectivity index (χ3n) is 2.96. The Bertz CT molecular complexity index is 694. The highest BCUT2D eigenvalue weighted by molar-refractivity contribution is 9.11. The fraction of sp³-hybridized carbons (Fsp3) is 0.286. The van der Waals surface area contributed by atoms with Crippen molar-refractivity contribution in [3.05, 3.63) is 45.1 Å². The summed E-state index contributed by atoms with van der Waals surface area (Å²) >= 11 is 5.17. The number of anilines is 1. The Morgan fingerprint density at radius 2 is 1.81 bits per heavy atom. The number of hydrogen-bond donors (Lipinski definition) is 1. The lowest BCUT2D eigenvalue weighted by molar-refractivity contribution is 0.521. The van der Waals surface area contributed by atoms with Crippen molar-refractivity contribution in [3.8, 4) is 0 Å². The number of sulfonamides is 1. The van der Waals surface area contributed by atoms with E-state index in [2.05, 4.69) is 27.3 Å². The maximum absolute atomic E-state index is 11.9. The molecule has 0 unspecified atom stereocenters. The lowest BCUT2D eigenvalue weighted by Gasteiger charge is -2.12. The van der Waals surface area contributed by atoms with Crippen molar-refractivity contribution < 1.29 is 8.42 Å². The van der Waals surface area contributed by atoms with Gasteiger partial charge in [-0.05, 0) is 58.7 Å². The molecule has 0 atom stereocenters. The van der Waals surface area contributed by atoms with E-state index < -0.39 is 10.0 Å². The second kappa shape index (κ2) is 6.91. The monoisotopic (exact) mass is 388 g/mol. The van der Waals surface area contributed by atoms with E-state index in [0.29, 0.717) is 4.90 Å². The Morgan fingerprint density at radius 3 is 2.33 bits per heavy atom. The quantitative estimate of drug-likeness (QED) is 0.824. The lowest BCUT2D eigenvalue weighted by Crippen LogP contribution is -2.22. The van der Waals surface area contributed by atoms with Gasteiger partial charge < -0.3 is 5.32 Å². The van der Waals surface area contributed by atoms with Crippen molar-refractivity contribution in [3.63, 3.8) is 0 Å². The lowest BCUT2D eigenvalue weighted by atomic mass is 10.3. The molecule has 0 aliphatic heterocycles. The predicted molar refractivity (Wildman–Crippen MR) is 91.5 cm³/mol. The van der Waals surface area contributed by atoms with Gasteiger partial charge in [0.15, 0.2) is 0 Å². The largest absolute Gasteiger partial charge is 0.385 e. The molecule has 7 heteroatoms. The van der Waals surface area contributed by atoms with Crippen LogP contribution in [0.15, 0.2) is 45.1 Å². The summed E-state index contributed by atoms with van der Waals surface area (Å²) in [6.45, 7) is 0.812. The van der Waals surface area contributed by atoms with Crippen molar-refractivity contribution in [2.24, 2.45) is 0 Å². The molecule has 114 valence electrons. The van der Waals surface area contributed by atoms with Crippen molar-refractivity contribution in [1.82, 2.24) is 4.31 Å². The molecule has 1 heterocycles. The standard InChI is InChI=1S/C14H17BrN2O2S2/c1-17(2)21(18,19)13-6-3-11(4-7-13)16-10-9-12-5-8-14(15)20-12/h3-8,16H,9-10H2,1-2H3. The van der Waals surface area contributed by atoms with Crippen LogP contribution in [0.4, 0.5) is 5.69 Å². The van der Waals surface area contributed by atoms with Gasteiger partial charge >= 0.3 is 0 Å². The molecule has 21 heavy (non-hydrogen) atoms. The molecule has 0 bridgehead atoms. The third kappa shape index (κ3) is 4.29. The SMILES string of the molecule is CN(C)S(=O)(=O)c1ccc(NCCc2ccc(Br)s2)cc1. The van der Waals surface area contributed by atoms with E-state index in [1.54, 1.807) is 35.6 Å². The van der Waals surface area contributed by atoms with Gasteiger partial charge in [-0.25, -0.2) is 12.7 Å². The van der Waals surface area contributed by atoms with E-state index in [4.69, 9.17) is 0 Å². The second-order valence-corrected chi connectivity index (χ2v) is 9.39. The Balaban J connectivity index is 1.94. The van der Waals surface area contributed by atoms with E-state index in [1.807, 2.05) is 6.07 Å². The van der Waals surface area contributed by atoms with Crippen molar-refractivity contribution in [1.29, 1.82) is 0 Å². The molecule has 4 nitrogen and oxygen atoms in total. The maximum Gasteiger partial charge on any atom is 0.242 e. The molecule has 2 aromatic rings. The number of hydrogen-bond acceptors (Lipinski definition) is 4. The summed E-state index contributed by atoms with van der Waals surface area (Å²) in [5.41, 5.74) is 0.920. The summed E-state index contributed by atoms with van der Waals surface area (Å²) in [5.74, 6) is 0. The van der Waals surface area contributed by atoms with Crippen LogP contribution in [0.25, 0.3) is 0 Å². The molecular weight excluding hydrogens is 372 g/mol. The summed E-state index contributed by atoms with van der Waals surface area (Å²) < 4.78 is 26.2. The van der Waals surface area contributed by atoms with Crippen LogP contribution < -0.4 is 5.32 Å². The second-order valence-electron chi connectivity index (χ2n) is 4.69. The van der Waals surface area contributed by atoms with Crippen molar-refractivity contribution in [2.75, 3.05) is 26.0 Å². The van der Waals surface area contributed by atoms with Crippen LogP contribution >= 0.6 is 27.3 Å². The van der Waals surface area contributed by atoms with Crippen LogP contribution in [0.5, 0.6) is 0 Å². The van der Waals surface area contributed by atoms with Crippen molar-refractivity contribution in [2.45, 2.75) is 11.3 Å². The fourth-order valence-electron chi connectivity index (χ4n) is 1.77. The van der Waals surface area contributed by atoms with E-state index in [0.717, 1.165) is 22.4 Å². The average Bonchev–Trinajstić information content (AvgIpc) is 2.85. The van der Waals surface area contributed by atoms with Gasteiger partial charge in [-0.15, -0.1) is 11.3 Å². The molecule has 0 fully saturated rings.